The van der Waals surface area contributed by atoms with Crippen molar-refractivity contribution in [3.63, 3.8) is 0 Å². The Hall–Kier alpha value is -2.56. The molecule has 0 aliphatic rings. The summed E-state index contributed by atoms with van der Waals surface area (Å²) in [6, 6.07) is 10.2. The SMILES string of the molecule is CN(C)c1ccncc1NCc1nc2ccccc2n1C. The molecule has 0 fully saturated rings. The van der Waals surface area contributed by atoms with Crippen LogP contribution in [0.25, 0.3) is 11.0 Å². The van der Waals surface area contributed by atoms with Gasteiger partial charge in [0.15, 0.2) is 0 Å². The Morgan fingerprint density at radius 1 is 1.19 bits per heavy atom. The van der Waals surface area contributed by atoms with E-state index < -0.39 is 0 Å². The summed E-state index contributed by atoms with van der Waals surface area (Å²) in [4.78, 5) is 10.9. The summed E-state index contributed by atoms with van der Waals surface area (Å²) in [7, 11) is 6.09. The maximum Gasteiger partial charge on any atom is 0.128 e. The standard InChI is InChI=1S/C16H19N5/c1-20(2)14-8-9-17-10-13(14)18-11-16-19-12-6-4-5-7-15(12)21(16)3/h4-10,18H,11H2,1-3H3. The zero-order valence-electron chi connectivity index (χ0n) is 12.5. The van der Waals surface area contributed by atoms with Gasteiger partial charge in [-0.15, -0.1) is 0 Å². The fourth-order valence-electron chi connectivity index (χ4n) is 2.44. The lowest BCUT2D eigenvalue weighted by molar-refractivity contribution is 0.834. The van der Waals surface area contributed by atoms with Crippen LogP contribution < -0.4 is 10.2 Å². The number of benzene rings is 1. The zero-order valence-corrected chi connectivity index (χ0v) is 12.5. The smallest absolute Gasteiger partial charge is 0.128 e. The molecule has 21 heavy (non-hydrogen) atoms. The number of rotatable bonds is 4. The predicted octanol–water partition coefficient (Wildman–Crippen LogP) is 2.65. The fraction of sp³-hybridized carbons (Fsp3) is 0.250. The van der Waals surface area contributed by atoms with Gasteiger partial charge in [0, 0.05) is 27.3 Å². The minimum atomic E-state index is 0.664. The summed E-state index contributed by atoms with van der Waals surface area (Å²) >= 11 is 0. The Morgan fingerprint density at radius 3 is 2.76 bits per heavy atom. The average Bonchev–Trinajstić information content (AvgIpc) is 2.82. The van der Waals surface area contributed by atoms with Crippen LogP contribution in [-0.4, -0.2) is 28.6 Å². The van der Waals surface area contributed by atoms with Gasteiger partial charge in [-0.2, -0.15) is 0 Å². The molecule has 108 valence electrons. The van der Waals surface area contributed by atoms with E-state index in [1.807, 2.05) is 51.6 Å². The molecule has 3 aromatic rings. The first-order chi connectivity index (χ1) is 10.2. The molecular weight excluding hydrogens is 262 g/mol. The van der Waals surface area contributed by atoms with Crippen LogP contribution >= 0.6 is 0 Å². The third-order valence-corrected chi connectivity index (χ3v) is 3.60. The molecule has 2 heterocycles. The van der Waals surface area contributed by atoms with Crippen molar-refractivity contribution < 1.29 is 0 Å². The number of aryl methyl sites for hydroxylation is 1. The number of hydrogen-bond donors (Lipinski definition) is 1. The molecule has 0 atom stereocenters. The van der Waals surface area contributed by atoms with Crippen LogP contribution in [0.15, 0.2) is 42.7 Å². The van der Waals surface area contributed by atoms with Crippen LogP contribution in [-0.2, 0) is 13.6 Å². The Kier molecular flexibility index (Phi) is 3.48. The predicted molar refractivity (Wildman–Crippen MR) is 86.6 cm³/mol. The molecule has 5 heteroatoms. The molecule has 0 radical (unpaired) electrons. The van der Waals surface area contributed by atoms with Gasteiger partial charge in [0.05, 0.1) is 35.1 Å². The van der Waals surface area contributed by atoms with E-state index in [2.05, 4.69) is 30.8 Å². The lowest BCUT2D eigenvalue weighted by atomic mass is 10.3. The first-order valence-electron chi connectivity index (χ1n) is 6.92. The number of imidazole rings is 1. The van der Waals surface area contributed by atoms with E-state index in [-0.39, 0.29) is 0 Å². The monoisotopic (exact) mass is 281 g/mol. The number of aromatic nitrogens is 3. The normalized spacial score (nSPS) is 10.8. The first kappa shape index (κ1) is 13.4. The average molecular weight is 281 g/mol. The van der Waals surface area contributed by atoms with Crippen molar-refractivity contribution in [3.05, 3.63) is 48.5 Å². The van der Waals surface area contributed by atoms with Crippen LogP contribution in [0.5, 0.6) is 0 Å². The number of pyridine rings is 1. The lowest BCUT2D eigenvalue weighted by Crippen LogP contribution is -2.13. The van der Waals surface area contributed by atoms with Gasteiger partial charge in [-0.3, -0.25) is 4.98 Å². The van der Waals surface area contributed by atoms with E-state index in [9.17, 15) is 0 Å². The van der Waals surface area contributed by atoms with Crippen molar-refractivity contribution in [1.29, 1.82) is 0 Å². The van der Waals surface area contributed by atoms with Crippen molar-refractivity contribution in [3.8, 4) is 0 Å². The van der Waals surface area contributed by atoms with Gasteiger partial charge in [-0.1, -0.05) is 12.1 Å². The summed E-state index contributed by atoms with van der Waals surface area (Å²) in [5.41, 5.74) is 4.29. The lowest BCUT2D eigenvalue weighted by Gasteiger charge is -2.17. The molecule has 0 unspecified atom stereocenters. The van der Waals surface area contributed by atoms with Gasteiger partial charge in [-0.25, -0.2) is 4.98 Å². The maximum atomic E-state index is 4.67. The van der Waals surface area contributed by atoms with Crippen molar-refractivity contribution in [2.24, 2.45) is 7.05 Å². The maximum absolute atomic E-state index is 4.67. The minimum Gasteiger partial charge on any atom is -0.376 e. The summed E-state index contributed by atoms with van der Waals surface area (Å²) in [6.45, 7) is 0.664. The van der Waals surface area contributed by atoms with Crippen LogP contribution in [0.2, 0.25) is 0 Å². The van der Waals surface area contributed by atoms with E-state index >= 15 is 0 Å². The second-order valence-electron chi connectivity index (χ2n) is 5.22. The van der Waals surface area contributed by atoms with E-state index in [0.717, 1.165) is 28.2 Å². The molecule has 0 aliphatic heterocycles. The quantitative estimate of drug-likeness (QED) is 0.798. The van der Waals surface area contributed by atoms with Gasteiger partial charge in [0.1, 0.15) is 5.82 Å². The van der Waals surface area contributed by atoms with Gasteiger partial charge in [0.2, 0.25) is 0 Å². The number of para-hydroxylation sites is 2. The molecule has 2 aromatic heterocycles. The topological polar surface area (TPSA) is 46.0 Å². The summed E-state index contributed by atoms with van der Waals surface area (Å²) in [6.07, 6.45) is 3.65. The minimum absolute atomic E-state index is 0.664. The Labute approximate surface area is 124 Å². The van der Waals surface area contributed by atoms with Gasteiger partial charge in [0.25, 0.3) is 0 Å². The molecule has 0 saturated heterocycles. The fourth-order valence-corrected chi connectivity index (χ4v) is 2.44. The van der Waals surface area contributed by atoms with Crippen LogP contribution in [0.1, 0.15) is 5.82 Å². The van der Waals surface area contributed by atoms with Crippen LogP contribution in [0.4, 0.5) is 11.4 Å². The summed E-state index contributed by atoms with van der Waals surface area (Å²) in [5.74, 6) is 1.00. The highest BCUT2D eigenvalue weighted by atomic mass is 15.1. The molecule has 0 bridgehead atoms. The number of fused-ring (bicyclic) bond motifs is 1. The van der Waals surface area contributed by atoms with Crippen LogP contribution in [0, 0.1) is 0 Å². The van der Waals surface area contributed by atoms with Crippen molar-refractivity contribution in [1.82, 2.24) is 14.5 Å². The van der Waals surface area contributed by atoms with E-state index in [4.69, 9.17) is 0 Å². The van der Waals surface area contributed by atoms with Crippen molar-refractivity contribution in [2.75, 3.05) is 24.3 Å². The van der Waals surface area contributed by atoms with Gasteiger partial charge < -0.3 is 14.8 Å². The Balaban J connectivity index is 1.85. The number of anilines is 2. The second-order valence-corrected chi connectivity index (χ2v) is 5.22. The zero-order chi connectivity index (χ0) is 14.8. The second kappa shape index (κ2) is 5.44. The number of nitrogens with one attached hydrogen (secondary N) is 1. The number of hydrogen-bond acceptors (Lipinski definition) is 4. The molecule has 1 aromatic carbocycles. The van der Waals surface area contributed by atoms with E-state index in [1.54, 1.807) is 6.20 Å². The first-order valence-corrected chi connectivity index (χ1v) is 6.92. The third kappa shape index (κ3) is 2.54. The number of nitrogens with zero attached hydrogens (tertiary/aromatic N) is 4. The molecule has 3 rings (SSSR count). The largest absolute Gasteiger partial charge is 0.376 e. The van der Waals surface area contributed by atoms with Crippen molar-refractivity contribution >= 4 is 22.4 Å². The summed E-state index contributed by atoms with van der Waals surface area (Å²) < 4.78 is 2.12. The third-order valence-electron chi connectivity index (χ3n) is 3.60. The Morgan fingerprint density at radius 2 is 2.00 bits per heavy atom. The molecule has 5 nitrogen and oxygen atoms in total. The van der Waals surface area contributed by atoms with E-state index in [0.29, 0.717) is 6.54 Å². The molecule has 0 aliphatic carbocycles. The highest BCUT2D eigenvalue weighted by Crippen LogP contribution is 2.23. The van der Waals surface area contributed by atoms with Crippen LogP contribution in [0.3, 0.4) is 0 Å². The molecule has 0 amide bonds. The van der Waals surface area contributed by atoms with E-state index in [1.165, 1.54) is 0 Å². The molecule has 0 spiro atoms. The van der Waals surface area contributed by atoms with Gasteiger partial charge >= 0.3 is 0 Å². The molecule has 0 saturated carbocycles. The highest BCUT2D eigenvalue weighted by Gasteiger charge is 2.08. The van der Waals surface area contributed by atoms with Crippen molar-refractivity contribution in [2.45, 2.75) is 6.54 Å². The Bertz CT molecular complexity index is 760. The highest BCUT2D eigenvalue weighted by molar-refractivity contribution is 5.76. The summed E-state index contributed by atoms with van der Waals surface area (Å²) in [5, 5.41) is 3.43. The molecular formula is C16H19N5. The molecule has 1 N–H and O–H groups in total. The van der Waals surface area contributed by atoms with Gasteiger partial charge in [-0.05, 0) is 18.2 Å².